The molecule has 6 heteroatoms. The van der Waals surface area contributed by atoms with Gasteiger partial charge in [0.05, 0.1) is 6.54 Å². The summed E-state index contributed by atoms with van der Waals surface area (Å²) in [5.74, 6) is 0.614. The van der Waals surface area contributed by atoms with Crippen LogP contribution in [0.4, 0.5) is 17.5 Å². The molecule has 1 aliphatic heterocycles. The normalized spacial score (nSPS) is 13.7. The first-order valence-electron chi connectivity index (χ1n) is 4.50. The summed E-state index contributed by atoms with van der Waals surface area (Å²) in [5.41, 5.74) is 5.46. The fourth-order valence-corrected chi connectivity index (χ4v) is 1.44. The Hall–Kier alpha value is -2.11. The van der Waals surface area contributed by atoms with Gasteiger partial charge in [-0.05, 0) is 0 Å². The number of hydrogen-bond donors (Lipinski definition) is 2. The van der Waals surface area contributed by atoms with Crippen LogP contribution in [-0.4, -0.2) is 29.3 Å². The molecule has 0 atom stereocenters. The fourth-order valence-electron chi connectivity index (χ4n) is 1.44. The Kier molecular flexibility index (Phi) is 2.24. The molecule has 2 heterocycles. The molecule has 6 nitrogen and oxygen atoms in total. The summed E-state index contributed by atoms with van der Waals surface area (Å²) in [5, 5.41) is 0. The van der Waals surface area contributed by atoms with Crippen LogP contribution in [-0.2, 0) is 0 Å². The third-order valence-corrected chi connectivity index (χ3v) is 2.07. The molecule has 15 heavy (non-hydrogen) atoms. The van der Waals surface area contributed by atoms with Gasteiger partial charge < -0.3 is 10.6 Å². The van der Waals surface area contributed by atoms with E-state index in [0.29, 0.717) is 24.6 Å². The molecule has 0 unspecified atom stereocenters. The number of anilines is 2. The molecule has 78 valence electrons. The Bertz CT molecular complexity index is 476. The van der Waals surface area contributed by atoms with Crippen LogP contribution in [0.15, 0.2) is 22.4 Å². The third-order valence-electron chi connectivity index (χ3n) is 2.07. The zero-order chi connectivity index (χ0) is 10.8. The van der Waals surface area contributed by atoms with Crippen LogP contribution in [0.3, 0.4) is 0 Å². The van der Waals surface area contributed by atoms with E-state index in [4.69, 9.17) is 5.73 Å². The van der Waals surface area contributed by atoms with Crippen LogP contribution in [0.25, 0.3) is 0 Å². The molecule has 2 rings (SSSR count). The highest BCUT2D eigenvalue weighted by molar-refractivity contribution is 5.79. The second-order valence-electron chi connectivity index (χ2n) is 3.13. The Morgan fingerprint density at radius 1 is 1.73 bits per heavy atom. The molecule has 0 aromatic carbocycles. The lowest BCUT2D eigenvalue weighted by Crippen LogP contribution is -2.31. The summed E-state index contributed by atoms with van der Waals surface area (Å²) < 4.78 is 0. The second-order valence-corrected chi connectivity index (χ2v) is 3.13. The van der Waals surface area contributed by atoms with Gasteiger partial charge in [0.2, 0.25) is 5.95 Å². The Morgan fingerprint density at radius 3 is 3.27 bits per heavy atom. The number of aromatic nitrogens is 2. The zero-order valence-electron chi connectivity index (χ0n) is 8.10. The molecule has 0 saturated carbocycles. The van der Waals surface area contributed by atoms with E-state index in [-0.39, 0.29) is 11.5 Å². The number of nitrogen functional groups attached to an aromatic ring is 1. The lowest BCUT2D eigenvalue weighted by Gasteiger charge is -2.23. The van der Waals surface area contributed by atoms with Crippen molar-refractivity contribution < 1.29 is 0 Å². The highest BCUT2D eigenvalue weighted by Crippen LogP contribution is 2.24. The van der Waals surface area contributed by atoms with Gasteiger partial charge in [0.15, 0.2) is 11.5 Å². The largest absolute Gasteiger partial charge is 0.369 e. The van der Waals surface area contributed by atoms with Gasteiger partial charge >= 0.3 is 0 Å². The van der Waals surface area contributed by atoms with E-state index in [1.54, 1.807) is 12.3 Å². The summed E-state index contributed by atoms with van der Waals surface area (Å²) >= 11 is 0. The Labute approximate surface area is 86.2 Å². The molecular formula is C9H11N5O. The van der Waals surface area contributed by atoms with Crippen molar-refractivity contribution in [1.29, 1.82) is 0 Å². The predicted octanol–water partition coefficient (Wildman–Crippen LogP) is 0.0604. The molecule has 0 aliphatic carbocycles. The average Bonchev–Trinajstić information content (AvgIpc) is 2.19. The number of nitrogens with two attached hydrogens (primary N) is 1. The minimum Gasteiger partial charge on any atom is -0.369 e. The maximum Gasteiger partial charge on any atom is 0.280 e. The SMILES string of the molecule is C=CCN1CC=Nc2c1nc(N)[nH]c2=O. The molecule has 1 aliphatic rings. The molecule has 0 bridgehead atoms. The van der Waals surface area contributed by atoms with E-state index < -0.39 is 0 Å². The molecule has 0 spiro atoms. The van der Waals surface area contributed by atoms with Crippen molar-refractivity contribution >= 4 is 23.7 Å². The lowest BCUT2D eigenvalue weighted by atomic mass is 10.3. The van der Waals surface area contributed by atoms with E-state index in [2.05, 4.69) is 21.5 Å². The molecule has 0 saturated heterocycles. The van der Waals surface area contributed by atoms with Gasteiger partial charge in [-0.25, -0.2) is 4.99 Å². The van der Waals surface area contributed by atoms with Crippen molar-refractivity contribution in [3.05, 3.63) is 23.0 Å². The van der Waals surface area contributed by atoms with Crippen LogP contribution >= 0.6 is 0 Å². The number of aromatic amines is 1. The van der Waals surface area contributed by atoms with Crippen molar-refractivity contribution in [3.63, 3.8) is 0 Å². The number of rotatable bonds is 2. The maximum atomic E-state index is 11.5. The highest BCUT2D eigenvalue weighted by Gasteiger charge is 2.18. The summed E-state index contributed by atoms with van der Waals surface area (Å²) in [7, 11) is 0. The van der Waals surface area contributed by atoms with Crippen molar-refractivity contribution in [2.45, 2.75) is 0 Å². The number of H-pyrrole nitrogens is 1. The lowest BCUT2D eigenvalue weighted by molar-refractivity contribution is 0.924. The van der Waals surface area contributed by atoms with Gasteiger partial charge in [0.25, 0.3) is 5.56 Å². The van der Waals surface area contributed by atoms with Crippen molar-refractivity contribution in [2.24, 2.45) is 4.99 Å². The van der Waals surface area contributed by atoms with Gasteiger partial charge in [0, 0.05) is 12.8 Å². The smallest absolute Gasteiger partial charge is 0.280 e. The van der Waals surface area contributed by atoms with Crippen LogP contribution < -0.4 is 16.2 Å². The van der Waals surface area contributed by atoms with Crippen LogP contribution in [0.5, 0.6) is 0 Å². The molecule has 0 fully saturated rings. The minimum atomic E-state index is -0.317. The fraction of sp³-hybridized carbons (Fsp3) is 0.222. The summed E-state index contributed by atoms with van der Waals surface area (Å²) in [6.07, 6.45) is 3.40. The van der Waals surface area contributed by atoms with Gasteiger partial charge in [-0.1, -0.05) is 6.08 Å². The second kappa shape index (κ2) is 3.56. The first-order valence-corrected chi connectivity index (χ1v) is 4.50. The average molecular weight is 205 g/mol. The summed E-state index contributed by atoms with van der Waals surface area (Å²) in [4.78, 5) is 23.8. The van der Waals surface area contributed by atoms with E-state index in [9.17, 15) is 4.79 Å². The van der Waals surface area contributed by atoms with Crippen LogP contribution in [0, 0.1) is 0 Å². The van der Waals surface area contributed by atoms with Gasteiger partial charge in [-0.3, -0.25) is 9.78 Å². The zero-order valence-corrected chi connectivity index (χ0v) is 8.10. The Balaban J connectivity index is 2.56. The highest BCUT2D eigenvalue weighted by atomic mass is 16.1. The number of fused-ring (bicyclic) bond motifs is 1. The molecular weight excluding hydrogens is 194 g/mol. The van der Waals surface area contributed by atoms with Crippen LogP contribution in [0.2, 0.25) is 0 Å². The number of aliphatic imine (C=N–C) groups is 1. The topological polar surface area (TPSA) is 87.4 Å². The third kappa shape index (κ3) is 1.61. The molecule has 0 amide bonds. The van der Waals surface area contributed by atoms with E-state index >= 15 is 0 Å². The maximum absolute atomic E-state index is 11.5. The Morgan fingerprint density at radius 2 is 2.53 bits per heavy atom. The van der Waals surface area contributed by atoms with Crippen molar-refractivity contribution in [1.82, 2.24) is 9.97 Å². The van der Waals surface area contributed by atoms with E-state index in [1.165, 1.54) is 0 Å². The molecule has 3 N–H and O–H groups in total. The van der Waals surface area contributed by atoms with E-state index in [0.717, 1.165) is 0 Å². The molecule has 0 radical (unpaired) electrons. The van der Waals surface area contributed by atoms with E-state index in [1.807, 2.05) is 4.90 Å². The predicted molar refractivity (Wildman–Crippen MR) is 59.8 cm³/mol. The van der Waals surface area contributed by atoms with Crippen molar-refractivity contribution in [3.8, 4) is 0 Å². The first-order chi connectivity index (χ1) is 7.22. The minimum absolute atomic E-state index is 0.102. The number of nitrogens with zero attached hydrogens (tertiary/aromatic N) is 3. The summed E-state index contributed by atoms with van der Waals surface area (Å²) in [6.45, 7) is 4.85. The first kappa shape index (κ1) is 9.45. The standard InChI is InChI=1S/C9H11N5O/c1-2-4-14-5-3-11-6-7(14)12-9(10)13-8(6)15/h2-3H,1,4-5H2,(H3,10,12,13,15). The summed E-state index contributed by atoms with van der Waals surface area (Å²) in [6, 6.07) is 0. The quantitative estimate of drug-likeness (QED) is 0.668. The molecule has 1 aromatic rings. The van der Waals surface area contributed by atoms with Gasteiger partial charge in [0.1, 0.15) is 0 Å². The van der Waals surface area contributed by atoms with Gasteiger partial charge in [-0.15, -0.1) is 6.58 Å². The number of nitrogens with one attached hydrogen (secondary N) is 1. The number of hydrogen-bond acceptors (Lipinski definition) is 5. The molecule has 1 aromatic heterocycles. The van der Waals surface area contributed by atoms with Crippen molar-refractivity contribution in [2.75, 3.05) is 23.7 Å². The van der Waals surface area contributed by atoms with Crippen LogP contribution in [0.1, 0.15) is 0 Å². The van der Waals surface area contributed by atoms with Gasteiger partial charge in [-0.2, -0.15) is 4.98 Å². The monoisotopic (exact) mass is 205 g/mol.